The predicted octanol–water partition coefficient (Wildman–Crippen LogP) is 1.94. The van der Waals surface area contributed by atoms with Crippen LogP contribution in [-0.2, 0) is 26.2 Å². The minimum Gasteiger partial charge on any atom is -0.480 e. The van der Waals surface area contributed by atoms with Crippen molar-refractivity contribution in [3.05, 3.63) is 65.7 Å². The van der Waals surface area contributed by atoms with E-state index in [-0.39, 0.29) is 18.1 Å². The third-order valence-electron chi connectivity index (χ3n) is 3.32. The maximum absolute atomic E-state index is 12.3. The maximum atomic E-state index is 12.3. The molecule has 0 saturated carbocycles. The summed E-state index contributed by atoms with van der Waals surface area (Å²) in [7, 11) is -3.93. The minimum atomic E-state index is -3.93. The van der Waals surface area contributed by atoms with Crippen molar-refractivity contribution >= 4 is 16.0 Å². The van der Waals surface area contributed by atoms with Crippen LogP contribution in [0.4, 0.5) is 0 Å². The Balaban J connectivity index is 2.00. The number of hydrogen-bond donors (Lipinski definition) is 2. The molecule has 0 aliphatic carbocycles. The van der Waals surface area contributed by atoms with Gasteiger partial charge in [0.25, 0.3) is 0 Å². The molecule has 0 heterocycles. The Bertz CT molecular complexity index is 772. The van der Waals surface area contributed by atoms with Gasteiger partial charge in [-0.1, -0.05) is 48.0 Å². The molecule has 1 atom stereocenters. The summed E-state index contributed by atoms with van der Waals surface area (Å²) in [5.74, 6) is -1.29. The molecule has 1 unspecified atom stereocenters. The van der Waals surface area contributed by atoms with Crippen LogP contribution in [-0.4, -0.2) is 32.1 Å². The second-order valence-corrected chi connectivity index (χ2v) is 7.04. The third-order valence-corrected chi connectivity index (χ3v) is 4.81. The summed E-state index contributed by atoms with van der Waals surface area (Å²) < 4.78 is 32.0. The van der Waals surface area contributed by atoms with Crippen molar-refractivity contribution in [2.45, 2.75) is 24.5 Å². The first-order valence-corrected chi connectivity index (χ1v) is 8.80. The van der Waals surface area contributed by atoms with Gasteiger partial charge in [0.15, 0.2) is 0 Å². The zero-order valence-electron chi connectivity index (χ0n) is 13.2. The lowest BCUT2D eigenvalue weighted by Crippen LogP contribution is -2.43. The molecule has 7 heteroatoms. The molecule has 2 aromatic carbocycles. The number of aryl methyl sites for hydroxylation is 1. The Morgan fingerprint density at radius 2 is 1.75 bits per heavy atom. The molecule has 2 aromatic rings. The first-order valence-electron chi connectivity index (χ1n) is 7.32. The molecule has 0 bridgehead atoms. The SMILES string of the molecule is Cc1ccc(S(=O)(=O)NC(COCc2ccccc2)C(=O)O)cc1. The van der Waals surface area contributed by atoms with Crippen molar-refractivity contribution in [2.24, 2.45) is 0 Å². The number of nitrogens with one attached hydrogen (secondary N) is 1. The molecule has 24 heavy (non-hydrogen) atoms. The summed E-state index contributed by atoms with van der Waals surface area (Å²) >= 11 is 0. The monoisotopic (exact) mass is 349 g/mol. The number of ether oxygens (including phenoxy) is 1. The van der Waals surface area contributed by atoms with E-state index in [0.29, 0.717) is 0 Å². The van der Waals surface area contributed by atoms with E-state index >= 15 is 0 Å². The number of sulfonamides is 1. The molecule has 0 amide bonds. The van der Waals surface area contributed by atoms with E-state index in [9.17, 15) is 18.3 Å². The molecule has 0 saturated heterocycles. The Hall–Kier alpha value is -2.22. The van der Waals surface area contributed by atoms with Crippen LogP contribution in [0.15, 0.2) is 59.5 Å². The predicted molar refractivity (Wildman–Crippen MR) is 89.0 cm³/mol. The maximum Gasteiger partial charge on any atom is 0.324 e. The van der Waals surface area contributed by atoms with E-state index in [1.165, 1.54) is 12.1 Å². The second-order valence-electron chi connectivity index (χ2n) is 5.33. The smallest absolute Gasteiger partial charge is 0.324 e. The van der Waals surface area contributed by atoms with Crippen LogP contribution < -0.4 is 4.72 Å². The summed E-state index contributed by atoms with van der Waals surface area (Å²) in [6.07, 6.45) is 0. The van der Waals surface area contributed by atoms with Crippen molar-refractivity contribution in [3.63, 3.8) is 0 Å². The first kappa shape index (κ1) is 18.1. The molecule has 0 fully saturated rings. The summed E-state index contributed by atoms with van der Waals surface area (Å²) in [4.78, 5) is 11.3. The topological polar surface area (TPSA) is 92.7 Å². The van der Waals surface area contributed by atoms with Crippen LogP contribution in [0.1, 0.15) is 11.1 Å². The van der Waals surface area contributed by atoms with Crippen LogP contribution in [0.5, 0.6) is 0 Å². The highest BCUT2D eigenvalue weighted by Gasteiger charge is 2.25. The van der Waals surface area contributed by atoms with Gasteiger partial charge < -0.3 is 9.84 Å². The van der Waals surface area contributed by atoms with Crippen LogP contribution in [0.2, 0.25) is 0 Å². The lowest BCUT2D eigenvalue weighted by molar-refractivity contribution is -0.140. The van der Waals surface area contributed by atoms with Gasteiger partial charge in [-0.25, -0.2) is 8.42 Å². The summed E-state index contributed by atoms with van der Waals surface area (Å²) in [5, 5.41) is 9.22. The van der Waals surface area contributed by atoms with Crippen molar-refractivity contribution in [1.29, 1.82) is 0 Å². The summed E-state index contributed by atoms with van der Waals surface area (Å²) in [6, 6.07) is 14.0. The number of carboxylic acids is 1. The molecule has 0 aliphatic heterocycles. The summed E-state index contributed by atoms with van der Waals surface area (Å²) in [5.41, 5.74) is 1.79. The van der Waals surface area contributed by atoms with E-state index in [4.69, 9.17) is 4.74 Å². The Labute approximate surface area is 141 Å². The van der Waals surface area contributed by atoms with E-state index < -0.39 is 22.0 Å². The largest absolute Gasteiger partial charge is 0.480 e. The van der Waals surface area contributed by atoms with Crippen molar-refractivity contribution in [1.82, 2.24) is 4.72 Å². The third kappa shape index (κ3) is 5.16. The standard InChI is InChI=1S/C17H19NO5S/c1-13-7-9-15(10-8-13)24(21,22)18-16(17(19)20)12-23-11-14-5-3-2-4-6-14/h2-10,16,18H,11-12H2,1H3,(H,19,20). The zero-order valence-corrected chi connectivity index (χ0v) is 14.0. The van der Waals surface area contributed by atoms with Gasteiger partial charge in [0.05, 0.1) is 18.1 Å². The fourth-order valence-corrected chi connectivity index (χ4v) is 3.17. The molecule has 0 spiro atoms. The van der Waals surface area contributed by atoms with Gasteiger partial charge in [0.1, 0.15) is 6.04 Å². The lowest BCUT2D eigenvalue weighted by Gasteiger charge is -2.15. The minimum absolute atomic E-state index is 0.0161. The van der Waals surface area contributed by atoms with Gasteiger partial charge in [-0.15, -0.1) is 0 Å². The van der Waals surface area contributed by atoms with Gasteiger partial charge in [0, 0.05) is 0 Å². The molecular weight excluding hydrogens is 330 g/mol. The number of rotatable bonds is 8. The van der Waals surface area contributed by atoms with Gasteiger partial charge in [-0.2, -0.15) is 4.72 Å². The van der Waals surface area contributed by atoms with Gasteiger partial charge >= 0.3 is 5.97 Å². The first-order chi connectivity index (χ1) is 11.4. The van der Waals surface area contributed by atoms with Crippen LogP contribution >= 0.6 is 0 Å². The number of carboxylic acid groups (broad SMARTS) is 1. The molecule has 0 aliphatic rings. The highest BCUT2D eigenvalue weighted by Crippen LogP contribution is 2.11. The average molecular weight is 349 g/mol. The Morgan fingerprint density at radius 3 is 2.33 bits per heavy atom. The van der Waals surface area contributed by atoms with Crippen LogP contribution in [0, 0.1) is 6.92 Å². The lowest BCUT2D eigenvalue weighted by atomic mass is 10.2. The summed E-state index contributed by atoms with van der Waals surface area (Å²) in [6.45, 7) is 1.77. The highest BCUT2D eigenvalue weighted by molar-refractivity contribution is 7.89. The molecule has 2 N–H and O–H groups in total. The number of aliphatic carboxylic acids is 1. The van der Waals surface area contributed by atoms with Gasteiger partial charge in [-0.3, -0.25) is 4.79 Å². The molecule has 128 valence electrons. The van der Waals surface area contributed by atoms with Crippen molar-refractivity contribution in [3.8, 4) is 0 Å². The average Bonchev–Trinajstić information content (AvgIpc) is 2.55. The molecule has 0 radical (unpaired) electrons. The van der Waals surface area contributed by atoms with E-state index in [0.717, 1.165) is 11.1 Å². The Kier molecular flexibility index (Phi) is 6.08. The molecule has 0 aromatic heterocycles. The van der Waals surface area contributed by atoms with Crippen molar-refractivity contribution in [2.75, 3.05) is 6.61 Å². The van der Waals surface area contributed by atoms with E-state index in [2.05, 4.69) is 4.72 Å². The second kappa shape index (κ2) is 8.05. The number of benzene rings is 2. The fourth-order valence-electron chi connectivity index (χ4n) is 2.00. The molecular formula is C17H19NO5S. The van der Waals surface area contributed by atoms with Crippen LogP contribution in [0.25, 0.3) is 0 Å². The van der Waals surface area contributed by atoms with E-state index in [1.807, 2.05) is 37.3 Å². The zero-order chi connectivity index (χ0) is 17.6. The van der Waals surface area contributed by atoms with Gasteiger partial charge in [-0.05, 0) is 24.6 Å². The fraction of sp³-hybridized carbons (Fsp3) is 0.235. The van der Waals surface area contributed by atoms with E-state index in [1.54, 1.807) is 12.1 Å². The number of carbonyl (C=O) groups is 1. The molecule has 2 rings (SSSR count). The normalized spacial score (nSPS) is 12.7. The van der Waals surface area contributed by atoms with Crippen molar-refractivity contribution < 1.29 is 23.1 Å². The highest BCUT2D eigenvalue weighted by atomic mass is 32.2. The van der Waals surface area contributed by atoms with Gasteiger partial charge in [0.2, 0.25) is 10.0 Å². The van der Waals surface area contributed by atoms with Crippen LogP contribution in [0.3, 0.4) is 0 Å². The quantitative estimate of drug-likeness (QED) is 0.760. The Morgan fingerprint density at radius 1 is 1.12 bits per heavy atom. The molecule has 6 nitrogen and oxygen atoms in total. The number of hydrogen-bond acceptors (Lipinski definition) is 4.